The molecule has 0 radical (unpaired) electrons. The highest BCUT2D eigenvalue weighted by Crippen LogP contribution is 2.24. The summed E-state index contributed by atoms with van der Waals surface area (Å²) in [5.74, 6) is -1.17. The van der Waals surface area contributed by atoms with E-state index >= 15 is 0 Å². The highest BCUT2D eigenvalue weighted by molar-refractivity contribution is 7.89. The molecule has 0 aliphatic heterocycles. The highest BCUT2D eigenvalue weighted by atomic mass is 32.2. The van der Waals surface area contributed by atoms with E-state index in [9.17, 15) is 13.2 Å². The van der Waals surface area contributed by atoms with E-state index in [0.717, 1.165) is 0 Å². The smallest absolute Gasteiger partial charge is 0.306 e. The Morgan fingerprint density at radius 2 is 1.89 bits per heavy atom. The lowest BCUT2D eigenvalue weighted by atomic mass is 9.87. The molecule has 0 atom stereocenters. The van der Waals surface area contributed by atoms with Gasteiger partial charge in [0.2, 0.25) is 10.0 Å². The van der Waals surface area contributed by atoms with E-state index in [1.807, 2.05) is 13.8 Å². The standard InChI is InChI=1S/C12H23NO5S/c1-9(2)18-7-8-19(16,17)13-11-5-3-10(4-6-11)12(14)15/h9-11,13H,3-8H2,1-2H3,(H,14,15). The molecule has 0 spiro atoms. The minimum absolute atomic E-state index is 0.0150. The van der Waals surface area contributed by atoms with Gasteiger partial charge in [-0.25, -0.2) is 13.1 Å². The van der Waals surface area contributed by atoms with Crippen LogP contribution in [0.3, 0.4) is 0 Å². The molecule has 1 fully saturated rings. The zero-order valence-corrected chi connectivity index (χ0v) is 12.3. The predicted octanol–water partition coefficient (Wildman–Crippen LogP) is 0.974. The highest BCUT2D eigenvalue weighted by Gasteiger charge is 2.28. The lowest BCUT2D eigenvalue weighted by Crippen LogP contribution is -2.40. The molecule has 112 valence electrons. The maximum absolute atomic E-state index is 11.8. The van der Waals surface area contributed by atoms with Crippen LogP contribution >= 0.6 is 0 Å². The quantitative estimate of drug-likeness (QED) is 0.729. The Balaban J connectivity index is 2.33. The van der Waals surface area contributed by atoms with Crippen molar-refractivity contribution >= 4 is 16.0 Å². The van der Waals surface area contributed by atoms with Gasteiger partial charge in [-0.05, 0) is 39.5 Å². The molecular formula is C12H23NO5S. The number of hydrogen-bond acceptors (Lipinski definition) is 4. The summed E-state index contributed by atoms with van der Waals surface area (Å²) in [7, 11) is -3.34. The molecule has 0 heterocycles. The van der Waals surface area contributed by atoms with Crippen molar-refractivity contribution in [2.45, 2.75) is 51.7 Å². The maximum Gasteiger partial charge on any atom is 0.306 e. The molecule has 2 N–H and O–H groups in total. The lowest BCUT2D eigenvalue weighted by molar-refractivity contribution is -0.142. The van der Waals surface area contributed by atoms with E-state index in [2.05, 4.69) is 4.72 Å². The van der Waals surface area contributed by atoms with Crippen molar-refractivity contribution in [2.75, 3.05) is 12.4 Å². The first-order valence-corrected chi connectivity index (χ1v) is 8.30. The van der Waals surface area contributed by atoms with Crippen LogP contribution in [0.5, 0.6) is 0 Å². The van der Waals surface area contributed by atoms with Crippen LogP contribution in [0.1, 0.15) is 39.5 Å². The van der Waals surface area contributed by atoms with E-state index < -0.39 is 16.0 Å². The van der Waals surface area contributed by atoms with Crippen molar-refractivity contribution in [2.24, 2.45) is 5.92 Å². The summed E-state index contributed by atoms with van der Waals surface area (Å²) < 4.78 is 31.4. The van der Waals surface area contributed by atoms with Gasteiger partial charge in [-0.15, -0.1) is 0 Å². The van der Waals surface area contributed by atoms with Crippen LogP contribution in [0, 0.1) is 5.92 Å². The molecule has 0 bridgehead atoms. The van der Waals surface area contributed by atoms with Crippen LogP contribution in [-0.4, -0.2) is 44.0 Å². The zero-order chi connectivity index (χ0) is 14.5. The molecule has 1 saturated carbocycles. The van der Waals surface area contributed by atoms with E-state index in [1.54, 1.807) is 0 Å². The molecule has 1 rings (SSSR count). The number of rotatable bonds is 7. The molecule has 0 aromatic rings. The van der Waals surface area contributed by atoms with Gasteiger partial charge < -0.3 is 9.84 Å². The Labute approximate surface area is 114 Å². The molecule has 1 aliphatic rings. The summed E-state index contributed by atoms with van der Waals surface area (Å²) in [6.07, 6.45) is 2.25. The Morgan fingerprint density at radius 3 is 2.37 bits per heavy atom. The van der Waals surface area contributed by atoms with Crippen LogP contribution in [-0.2, 0) is 19.6 Å². The number of carboxylic acids is 1. The van der Waals surface area contributed by atoms with Crippen molar-refractivity contribution in [1.29, 1.82) is 0 Å². The number of nitrogens with one attached hydrogen (secondary N) is 1. The van der Waals surface area contributed by atoms with Crippen molar-refractivity contribution in [1.82, 2.24) is 4.72 Å². The Bertz CT molecular complexity index is 385. The molecule has 0 saturated heterocycles. The fourth-order valence-corrected chi connectivity index (χ4v) is 3.34. The van der Waals surface area contributed by atoms with Gasteiger partial charge in [0, 0.05) is 6.04 Å². The number of aliphatic carboxylic acids is 1. The van der Waals surface area contributed by atoms with Crippen LogP contribution in [0.25, 0.3) is 0 Å². The number of sulfonamides is 1. The number of hydrogen-bond donors (Lipinski definition) is 2. The second-order valence-corrected chi connectivity index (χ2v) is 7.12. The topological polar surface area (TPSA) is 92.7 Å². The first-order chi connectivity index (χ1) is 8.80. The van der Waals surface area contributed by atoms with E-state index in [1.165, 1.54) is 0 Å². The summed E-state index contributed by atoms with van der Waals surface area (Å²) >= 11 is 0. The van der Waals surface area contributed by atoms with Crippen LogP contribution in [0.4, 0.5) is 0 Å². The van der Waals surface area contributed by atoms with Crippen LogP contribution in [0.15, 0.2) is 0 Å². The molecule has 19 heavy (non-hydrogen) atoms. The predicted molar refractivity (Wildman–Crippen MR) is 71.4 cm³/mol. The molecule has 0 aromatic carbocycles. The third kappa shape index (κ3) is 6.35. The molecule has 7 heteroatoms. The van der Waals surface area contributed by atoms with Gasteiger partial charge >= 0.3 is 5.97 Å². The molecule has 0 aromatic heterocycles. The third-order valence-electron chi connectivity index (χ3n) is 3.23. The Kier molecular flexibility index (Phi) is 6.22. The van der Waals surface area contributed by atoms with E-state index in [4.69, 9.17) is 9.84 Å². The average Bonchev–Trinajstić information content (AvgIpc) is 2.28. The van der Waals surface area contributed by atoms with Gasteiger partial charge in [0.05, 0.1) is 24.4 Å². The first-order valence-electron chi connectivity index (χ1n) is 6.64. The average molecular weight is 293 g/mol. The summed E-state index contributed by atoms with van der Waals surface area (Å²) in [6, 6.07) is -0.139. The minimum Gasteiger partial charge on any atom is -0.481 e. The fraction of sp³-hybridized carbons (Fsp3) is 0.917. The van der Waals surface area contributed by atoms with Crippen LogP contribution in [0.2, 0.25) is 0 Å². The lowest BCUT2D eigenvalue weighted by Gasteiger charge is -2.26. The largest absolute Gasteiger partial charge is 0.481 e. The third-order valence-corrected chi connectivity index (χ3v) is 4.62. The second-order valence-electron chi connectivity index (χ2n) is 5.24. The molecule has 1 aliphatic carbocycles. The van der Waals surface area contributed by atoms with Crippen molar-refractivity contribution in [3.8, 4) is 0 Å². The summed E-state index contributed by atoms with van der Waals surface area (Å²) in [5, 5.41) is 8.87. The SMILES string of the molecule is CC(C)OCCS(=O)(=O)NC1CCC(C(=O)O)CC1. The number of carboxylic acid groups (broad SMARTS) is 1. The fourth-order valence-electron chi connectivity index (χ4n) is 2.16. The summed E-state index contributed by atoms with van der Waals surface area (Å²) in [6.45, 7) is 3.89. The van der Waals surface area contributed by atoms with Gasteiger partial charge in [-0.3, -0.25) is 4.79 Å². The summed E-state index contributed by atoms with van der Waals surface area (Å²) in [4.78, 5) is 10.8. The van der Waals surface area contributed by atoms with Gasteiger partial charge in [-0.2, -0.15) is 0 Å². The van der Waals surface area contributed by atoms with E-state index in [0.29, 0.717) is 25.7 Å². The zero-order valence-electron chi connectivity index (χ0n) is 11.5. The van der Waals surface area contributed by atoms with E-state index in [-0.39, 0.29) is 30.4 Å². The van der Waals surface area contributed by atoms with Gasteiger partial charge in [0.25, 0.3) is 0 Å². The van der Waals surface area contributed by atoms with Crippen molar-refractivity contribution < 1.29 is 23.1 Å². The number of ether oxygens (including phenoxy) is 1. The molecular weight excluding hydrogens is 270 g/mol. The minimum atomic E-state index is -3.34. The first kappa shape index (κ1) is 16.4. The van der Waals surface area contributed by atoms with Crippen molar-refractivity contribution in [3.05, 3.63) is 0 Å². The molecule has 6 nitrogen and oxygen atoms in total. The molecule has 0 amide bonds. The van der Waals surface area contributed by atoms with Crippen molar-refractivity contribution in [3.63, 3.8) is 0 Å². The summed E-state index contributed by atoms with van der Waals surface area (Å²) in [5.41, 5.74) is 0. The Hall–Kier alpha value is -0.660. The normalized spacial score (nSPS) is 24.6. The van der Waals surface area contributed by atoms with Gasteiger partial charge in [-0.1, -0.05) is 0 Å². The van der Waals surface area contributed by atoms with Gasteiger partial charge in [0.15, 0.2) is 0 Å². The monoisotopic (exact) mass is 293 g/mol. The Morgan fingerprint density at radius 1 is 1.32 bits per heavy atom. The number of carbonyl (C=O) groups is 1. The second kappa shape index (κ2) is 7.21. The van der Waals surface area contributed by atoms with Gasteiger partial charge in [0.1, 0.15) is 0 Å². The maximum atomic E-state index is 11.8. The molecule has 0 unspecified atom stereocenters. The van der Waals surface area contributed by atoms with Crippen LogP contribution < -0.4 is 4.72 Å².